The fourth-order valence-electron chi connectivity index (χ4n) is 13.6. The molecule has 0 saturated carbocycles. The Morgan fingerprint density at radius 1 is 0.250 bits per heavy atom. The summed E-state index contributed by atoms with van der Waals surface area (Å²) in [6, 6.07) is 101. The Balaban J connectivity index is 0.953. The number of hydrogen-bond donors (Lipinski definition) is 0. The fraction of sp³-hybridized carbons (Fsp3) is 0. The SMILES string of the molecule is c1ccc(-c2nc3cc(-c4nc(-c5ccc6c(c5)nc(-c5ccccc5)n6-c5ccccc5)c5cc(-c6ccc7ccc8cccc9ccc6c7c89)cc(-c6ccc7ccc8cccc9ccc6c7c89)c5n4)ccc3n2-c2ccccc2)cc1. The van der Waals surface area contributed by atoms with Crippen LogP contribution in [0.15, 0.2) is 279 Å². The molecule has 0 aliphatic rings. The van der Waals surface area contributed by atoms with Crippen molar-refractivity contribution in [3.8, 4) is 79.0 Å². The molecule has 3 heterocycles. The highest BCUT2D eigenvalue weighted by molar-refractivity contribution is 6.28. The van der Waals surface area contributed by atoms with Crippen molar-refractivity contribution in [1.82, 2.24) is 29.1 Å². The predicted octanol–water partition coefficient (Wildman–Crippen LogP) is 20.1. The molecule has 0 unspecified atom stereocenters. The van der Waals surface area contributed by atoms with Crippen LogP contribution in [0.3, 0.4) is 0 Å². The summed E-state index contributed by atoms with van der Waals surface area (Å²) in [5.74, 6) is 2.33. The molecule has 0 N–H and O–H groups in total. The average molecular weight is 1070 g/mol. The molecule has 0 spiro atoms. The standard InChI is InChI=1S/C78H46N6/c1-5-15-53(16-6-1)77-79-66-45-55(35-41-68(66)83(77)58-23-9-3-10-24-58)74-65-44-57(60-37-31-51-29-27-47-19-13-21-49-33-39-62(60)72(51)70(47)49)43-64(61-38-32-52-30-28-48-20-14-22-50-34-40-63(61)73(52)71(48)50)75(65)82-76(81-74)56-36-42-69-67(46-56)80-78(54-17-7-2-8-18-54)84(69)59-25-11-4-12-26-59/h1-46H. The molecule has 84 heavy (non-hydrogen) atoms. The molecule has 6 heteroatoms. The van der Waals surface area contributed by atoms with Gasteiger partial charge in [0.15, 0.2) is 5.82 Å². The zero-order valence-electron chi connectivity index (χ0n) is 45.2. The van der Waals surface area contributed by atoms with Crippen molar-refractivity contribution < 1.29 is 0 Å². The number of aromatic nitrogens is 6. The Kier molecular flexibility index (Phi) is 9.99. The van der Waals surface area contributed by atoms with Gasteiger partial charge in [-0.15, -0.1) is 0 Å². The van der Waals surface area contributed by atoms with Gasteiger partial charge in [-0.2, -0.15) is 0 Å². The minimum absolute atomic E-state index is 0.601. The van der Waals surface area contributed by atoms with Gasteiger partial charge in [0.25, 0.3) is 0 Å². The van der Waals surface area contributed by atoms with Gasteiger partial charge in [-0.1, -0.05) is 212 Å². The lowest BCUT2D eigenvalue weighted by Crippen LogP contribution is -1.99. The fourth-order valence-corrected chi connectivity index (χ4v) is 13.6. The summed E-state index contributed by atoms with van der Waals surface area (Å²) in [6.07, 6.45) is 0. The highest BCUT2D eigenvalue weighted by Gasteiger charge is 2.24. The zero-order valence-corrected chi connectivity index (χ0v) is 45.2. The van der Waals surface area contributed by atoms with Gasteiger partial charge in [0.1, 0.15) is 11.6 Å². The van der Waals surface area contributed by atoms with Crippen LogP contribution < -0.4 is 0 Å². The van der Waals surface area contributed by atoms with Gasteiger partial charge in [-0.25, -0.2) is 19.9 Å². The van der Waals surface area contributed by atoms with Gasteiger partial charge < -0.3 is 0 Å². The Morgan fingerprint density at radius 3 is 1.23 bits per heavy atom. The van der Waals surface area contributed by atoms with Crippen LogP contribution in [0.1, 0.15) is 0 Å². The van der Waals surface area contributed by atoms with Gasteiger partial charge in [0.2, 0.25) is 0 Å². The number of nitrogens with zero attached hydrogens (tertiary/aromatic N) is 6. The number of para-hydroxylation sites is 2. The summed E-state index contributed by atoms with van der Waals surface area (Å²) in [5.41, 5.74) is 15.7. The van der Waals surface area contributed by atoms with Gasteiger partial charge >= 0.3 is 0 Å². The van der Waals surface area contributed by atoms with Crippen LogP contribution >= 0.6 is 0 Å². The molecule has 18 aromatic rings. The van der Waals surface area contributed by atoms with Gasteiger partial charge in [0, 0.05) is 44.6 Å². The Bertz CT molecular complexity index is 5620. The third-order valence-electron chi connectivity index (χ3n) is 17.4. The maximum absolute atomic E-state index is 5.83. The van der Waals surface area contributed by atoms with Gasteiger partial charge in [-0.3, -0.25) is 9.13 Å². The van der Waals surface area contributed by atoms with E-state index < -0.39 is 0 Å². The molecule has 0 amide bonds. The molecule has 0 radical (unpaired) electrons. The first kappa shape index (κ1) is 46.4. The molecule has 15 aromatic carbocycles. The normalized spacial score (nSPS) is 12.0. The molecule has 0 aliphatic heterocycles. The summed E-state index contributed by atoms with van der Waals surface area (Å²) < 4.78 is 4.52. The third kappa shape index (κ3) is 7.04. The van der Waals surface area contributed by atoms with Crippen LogP contribution in [0.2, 0.25) is 0 Å². The lowest BCUT2D eigenvalue weighted by atomic mass is 9.86. The molecule has 6 nitrogen and oxygen atoms in total. The first-order valence-corrected chi connectivity index (χ1v) is 28.6. The molecule has 18 rings (SSSR count). The van der Waals surface area contributed by atoms with E-state index in [0.29, 0.717) is 5.82 Å². The van der Waals surface area contributed by atoms with Crippen molar-refractivity contribution in [2.45, 2.75) is 0 Å². The zero-order chi connectivity index (χ0) is 55.0. The van der Waals surface area contributed by atoms with E-state index in [0.717, 1.165) is 106 Å². The number of hydrogen-bond acceptors (Lipinski definition) is 4. The van der Waals surface area contributed by atoms with E-state index in [1.165, 1.54) is 64.6 Å². The average Bonchev–Trinajstić information content (AvgIpc) is 3.11. The van der Waals surface area contributed by atoms with E-state index in [4.69, 9.17) is 19.9 Å². The minimum atomic E-state index is 0.601. The molecule has 388 valence electrons. The molecule has 0 fully saturated rings. The predicted molar refractivity (Wildman–Crippen MR) is 349 cm³/mol. The summed E-state index contributed by atoms with van der Waals surface area (Å²) in [5, 5.41) is 15.8. The maximum Gasteiger partial charge on any atom is 0.160 e. The van der Waals surface area contributed by atoms with Crippen molar-refractivity contribution >= 4 is 97.6 Å². The summed E-state index contributed by atoms with van der Waals surface area (Å²) >= 11 is 0. The number of rotatable bonds is 8. The second-order valence-electron chi connectivity index (χ2n) is 22.1. The Morgan fingerprint density at radius 2 is 0.690 bits per heavy atom. The van der Waals surface area contributed by atoms with Crippen molar-refractivity contribution in [3.05, 3.63) is 279 Å². The Labute approximate surface area is 482 Å². The van der Waals surface area contributed by atoms with Crippen LogP contribution in [0.4, 0.5) is 0 Å². The lowest BCUT2D eigenvalue weighted by molar-refractivity contribution is 1.10. The van der Waals surface area contributed by atoms with Gasteiger partial charge in [-0.05, 0) is 148 Å². The molecule has 0 atom stereocenters. The number of benzene rings is 15. The number of fused-ring (bicyclic) bond motifs is 3. The molecule has 0 aliphatic carbocycles. The quantitative estimate of drug-likeness (QED) is 0.142. The summed E-state index contributed by atoms with van der Waals surface area (Å²) in [7, 11) is 0. The highest BCUT2D eigenvalue weighted by Crippen LogP contribution is 2.47. The lowest BCUT2D eigenvalue weighted by Gasteiger charge is -2.19. The minimum Gasteiger partial charge on any atom is -0.292 e. The first-order valence-electron chi connectivity index (χ1n) is 28.6. The van der Waals surface area contributed by atoms with Crippen molar-refractivity contribution in [3.63, 3.8) is 0 Å². The van der Waals surface area contributed by atoms with E-state index in [-0.39, 0.29) is 0 Å². The number of imidazole rings is 2. The van der Waals surface area contributed by atoms with E-state index in [2.05, 4.69) is 282 Å². The van der Waals surface area contributed by atoms with Crippen molar-refractivity contribution in [1.29, 1.82) is 0 Å². The van der Waals surface area contributed by atoms with E-state index in [1.807, 2.05) is 6.07 Å². The molecule has 0 bridgehead atoms. The van der Waals surface area contributed by atoms with Crippen LogP contribution in [-0.4, -0.2) is 29.1 Å². The molecule has 0 saturated heterocycles. The highest BCUT2D eigenvalue weighted by atomic mass is 15.1. The van der Waals surface area contributed by atoms with E-state index in [9.17, 15) is 0 Å². The van der Waals surface area contributed by atoms with E-state index in [1.54, 1.807) is 0 Å². The van der Waals surface area contributed by atoms with Crippen LogP contribution in [0.25, 0.3) is 177 Å². The second kappa shape index (κ2) is 18.1. The van der Waals surface area contributed by atoms with Crippen molar-refractivity contribution in [2.75, 3.05) is 0 Å². The van der Waals surface area contributed by atoms with Crippen LogP contribution in [-0.2, 0) is 0 Å². The maximum atomic E-state index is 5.83. The van der Waals surface area contributed by atoms with Crippen LogP contribution in [0.5, 0.6) is 0 Å². The van der Waals surface area contributed by atoms with Crippen LogP contribution in [0, 0.1) is 0 Å². The topological polar surface area (TPSA) is 61.4 Å². The summed E-state index contributed by atoms with van der Waals surface area (Å²) in [6.45, 7) is 0. The van der Waals surface area contributed by atoms with Gasteiger partial charge in [0.05, 0.1) is 33.3 Å². The summed E-state index contributed by atoms with van der Waals surface area (Å²) in [4.78, 5) is 22.5. The third-order valence-corrected chi connectivity index (χ3v) is 17.4. The smallest absolute Gasteiger partial charge is 0.160 e. The van der Waals surface area contributed by atoms with E-state index >= 15 is 0 Å². The molecular formula is C78H46N6. The van der Waals surface area contributed by atoms with Crippen molar-refractivity contribution in [2.24, 2.45) is 0 Å². The molecular weight excluding hydrogens is 1020 g/mol. The molecule has 3 aromatic heterocycles. The second-order valence-corrected chi connectivity index (χ2v) is 22.1. The Hall–Kier alpha value is -11.3. The first-order chi connectivity index (χ1) is 41.6. The largest absolute Gasteiger partial charge is 0.292 e. The monoisotopic (exact) mass is 1070 g/mol.